The van der Waals surface area contributed by atoms with Crippen LogP contribution in [0.25, 0.3) is 0 Å². The van der Waals surface area contributed by atoms with Crippen LogP contribution < -0.4 is 103 Å². The van der Waals surface area contributed by atoms with Gasteiger partial charge in [0.15, 0.2) is 0 Å². The van der Waals surface area contributed by atoms with Gasteiger partial charge in [-0.05, 0) is 6.42 Å². The van der Waals surface area contributed by atoms with E-state index in [1.54, 1.807) is 6.92 Å². The van der Waals surface area contributed by atoms with Gasteiger partial charge < -0.3 is 18.1 Å². The Balaban J connectivity index is -0.000000109. The fraction of sp³-hybridized carbons (Fsp3) is 0.833. The summed E-state index contributed by atoms with van der Waals surface area (Å²) in [5.74, 6) is -1.02. The molecule has 0 aromatic rings. The number of ether oxygens (including phenoxy) is 1. The van der Waals surface area contributed by atoms with Crippen molar-refractivity contribution in [1.29, 1.82) is 5.41 Å². The summed E-state index contributed by atoms with van der Waals surface area (Å²) < 4.78 is 4.96. The first-order valence-corrected chi connectivity index (χ1v) is 8.94. The summed E-state index contributed by atoms with van der Waals surface area (Å²) in [5, 5.41) is 14.5. The van der Waals surface area contributed by atoms with Crippen molar-refractivity contribution in [1.82, 2.24) is 0 Å². The van der Waals surface area contributed by atoms with Gasteiger partial charge in [0.2, 0.25) is 0 Å². The molecule has 0 aliphatic carbocycles. The predicted molar refractivity (Wildman–Crippen MR) is 96.4 cm³/mol. The van der Waals surface area contributed by atoms with Gasteiger partial charge in [-0.15, -0.1) is 0 Å². The van der Waals surface area contributed by atoms with Crippen molar-refractivity contribution in [3.05, 3.63) is 0 Å². The van der Waals surface area contributed by atoms with Crippen LogP contribution in [0.3, 0.4) is 0 Å². The average Bonchev–Trinajstić information content (AvgIpc) is 2.53. The van der Waals surface area contributed by atoms with Gasteiger partial charge in [0.05, 0.1) is 13.0 Å². The molecular formula is C18H37K2NO4. The fourth-order valence-electron chi connectivity index (χ4n) is 1.92. The quantitative estimate of drug-likeness (QED) is 0.170. The van der Waals surface area contributed by atoms with Gasteiger partial charge in [-0.1, -0.05) is 71.6 Å². The molecule has 0 spiro atoms. The Morgan fingerprint density at radius 3 is 1.68 bits per heavy atom. The molecule has 0 heterocycles. The molecule has 25 heavy (non-hydrogen) atoms. The molecule has 0 amide bonds. The van der Waals surface area contributed by atoms with Crippen LogP contribution in [0.15, 0.2) is 0 Å². The van der Waals surface area contributed by atoms with E-state index in [2.05, 4.69) is 6.92 Å². The number of hydrogen-bond donors (Lipinski definition) is 2. The number of unbranched alkanes of at least 4 members (excludes halogenated alkanes) is 9. The van der Waals surface area contributed by atoms with Crippen molar-refractivity contribution in [3.63, 3.8) is 0 Å². The van der Waals surface area contributed by atoms with Crippen LogP contribution >= 0.6 is 0 Å². The molecule has 0 saturated heterocycles. The van der Waals surface area contributed by atoms with E-state index in [0.717, 1.165) is 19.1 Å². The first-order chi connectivity index (χ1) is 11.1. The van der Waals surface area contributed by atoms with E-state index in [1.165, 1.54) is 51.4 Å². The zero-order valence-electron chi connectivity index (χ0n) is 18.9. The van der Waals surface area contributed by atoms with Gasteiger partial charge in [-0.2, -0.15) is 0 Å². The zero-order chi connectivity index (χ0) is 17.8. The van der Waals surface area contributed by atoms with E-state index in [9.17, 15) is 9.59 Å². The summed E-state index contributed by atoms with van der Waals surface area (Å²) >= 11 is 0. The molecular weight excluding hydrogens is 372 g/mol. The van der Waals surface area contributed by atoms with Crippen LogP contribution in [-0.2, 0) is 14.3 Å². The van der Waals surface area contributed by atoms with E-state index in [1.807, 2.05) is 0 Å². The van der Waals surface area contributed by atoms with E-state index < -0.39 is 5.97 Å². The van der Waals surface area contributed by atoms with Crippen LogP contribution in [0, 0.1) is 5.41 Å². The molecule has 0 aliphatic rings. The second-order valence-electron chi connectivity index (χ2n) is 5.56. The minimum Gasteiger partial charge on any atom is -1.00 e. The minimum atomic E-state index is -0.745. The third-order valence-corrected chi connectivity index (χ3v) is 3.33. The first kappa shape index (κ1) is 34.4. The number of carboxylic acids is 1. The SMILES string of the molecule is CCC(=O)O.CCCCCCCCCCCCOC(=O)CC=N.[H-].[H-].[K+].[K+]. The molecule has 0 rings (SSSR count). The van der Waals surface area contributed by atoms with Crippen LogP contribution in [0.4, 0.5) is 0 Å². The van der Waals surface area contributed by atoms with Gasteiger partial charge >= 0.3 is 115 Å². The summed E-state index contributed by atoms with van der Waals surface area (Å²) in [6.45, 7) is 4.36. The average molecular weight is 410 g/mol. The van der Waals surface area contributed by atoms with Gasteiger partial charge in [-0.25, -0.2) is 0 Å². The molecule has 0 fully saturated rings. The van der Waals surface area contributed by atoms with Crippen molar-refractivity contribution >= 4 is 18.2 Å². The molecule has 0 aromatic carbocycles. The van der Waals surface area contributed by atoms with Crippen LogP contribution in [0.2, 0.25) is 0 Å². The Bertz CT molecular complexity index is 313. The molecule has 0 unspecified atom stereocenters. The summed E-state index contributed by atoms with van der Waals surface area (Å²) in [6.07, 6.45) is 14.2. The molecule has 0 radical (unpaired) electrons. The normalized spacial score (nSPS) is 8.88. The van der Waals surface area contributed by atoms with E-state index >= 15 is 0 Å². The number of rotatable bonds is 14. The summed E-state index contributed by atoms with van der Waals surface area (Å²) in [5.41, 5.74) is 0. The number of nitrogens with one attached hydrogen (secondary N) is 1. The maximum atomic E-state index is 10.9. The number of carbonyl (C=O) groups is 2. The van der Waals surface area contributed by atoms with Crippen molar-refractivity contribution < 1.29 is 125 Å². The predicted octanol–water partition coefficient (Wildman–Crippen LogP) is -0.796. The van der Waals surface area contributed by atoms with Crippen molar-refractivity contribution in [2.75, 3.05) is 6.61 Å². The topological polar surface area (TPSA) is 87.5 Å². The van der Waals surface area contributed by atoms with Crippen LogP contribution in [0.5, 0.6) is 0 Å². The monoisotopic (exact) mass is 409 g/mol. The Hall–Kier alpha value is 1.88. The Kier molecular flexibility index (Phi) is 42.1. The molecule has 0 aromatic heterocycles. The molecule has 7 heteroatoms. The molecule has 5 nitrogen and oxygen atoms in total. The van der Waals surface area contributed by atoms with Crippen molar-refractivity contribution in [2.24, 2.45) is 0 Å². The summed E-state index contributed by atoms with van der Waals surface area (Å²) in [7, 11) is 0. The number of esters is 1. The molecule has 2 N–H and O–H groups in total. The minimum absolute atomic E-state index is 0. The fourth-order valence-corrected chi connectivity index (χ4v) is 1.92. The third-order valence-electron chi connectivity index (χ3n) is 3.33. The van der Waals surface area contributed by atoms with Gasteiger partial charge in [-0.3, -0.25) is 9.59 Å². The standard InChI is InChI=1S/C15H29NO2.C3H6O2.2K.2H/c1-2-3-4-5-6-7-8-9-10-11-14-18-15(17)12-13-16;1-2-3(4)5;;;;/h13,16H,2-12,14H2,1H3;2H2,1H3,(H,4,5);;;;/q;;2*+1;2*-1. The second kappa shape index (κ2) is 30.6. The second-order valence-corrected chi connectivity index (χ2v) is 5.56. The van der Waals surface area contributed by atoms with Crippen molar-refractivity contribution in [2.45, 2.75) is 90.9 Å². The largest absolute Gasteiger partial charge is 1.00 e. The molecule has 0 bridgehead atoms. The molecule has 140 valence electrons. The molecule has 0 saturated carbocycles. The number of carboxylic acid groups (broad SMARTS) is 1. The Morgan fingerprint density at radius 1 is 0.920 bits per heavy atom. The Morgan fingerprint density at radius 2 is 1.32 bits per heavy atom. The van der Waals surface area contributed by atoms with Gasteiger partial charge in [0.1, 0.15) is 0 Å². The van der Waals surface area contributed by atoms with Gasteiger partial charge in [0.25, 0.3) is 0 Å². The number of hydrogen-bond acceptors (Lipinski definition) is 4. The number of aliphatic carboxylic acids is 1. The molecule has 0 aliphatic heterocycles. The van der Waals surface area contributed by atoms with Crippen LogP contribution in [0.1, 0.15) is 93.8 Å². The van der Waals surface area contributed by atoms with Crippen molar-refractivity contribution in [3.8, 4) is 0 Å². The number of carbonyl (C=O) groups excluding carboxylic acids is 1. The van der Waals surface area contributed by atoms with E-state index in [0.29, 0.717) is 6.61 Å². The smallest absolute Gasteiger partial charge is 1.00 e. The van der Waals surface area contributed by atoms with Gasteiger partial charge in [0, 0.05) is 12.6 Å². The maximum Gasteiger partial charge on any atom is 1.00 e. The third kappa shape index (κ3) is 37.3. The molecule has 0 atom stereocenters. The van der Waals surface area contributed by atoms with E-state index in [4.69, 9.17) is 15.3 Å². The first-order valence-electron chi connectivity index (χ1n) is 8.94. The summed E-state index contributed by atoms with van der Waals surface area (Å²) in [4.78, 5) is 20.3. The summed E-state index contributed by atoms with van der Waals surface area (Å²) in [6, 6.07) is 0. The zero-order valence-corrected chi connectivity index (χ0v) is 23.2. The maximum absolute atomic E-state index is 10.9. The van der Waals surface area contributed by atoms with Crippen LogP contribution in [-0.4, -0.2) is 29.9 Å². The van der Waals surface area contributed by atoms with E-state index in [-0.39, 0.29) is 124 Å². The Labute approximate surface area is 242 Å².